The molecule has 0 radical (unpaired) electrons. The number of hydrogen-bond donors (Lipinski definition) is 4. The van der Waals surface area contributed by atoms with Crippen molar-refractivity contribution in [3.63, 3.8) is 0 Å². The fourth-order valence-corrected chi connectivity index (χ4v) is 7.65. The van der Waals surface area contributed by atoms with Gasteiger partial charge in [-0.25, -0.2) is 0 Å². The molecule has 0 spiro atoms. The highest BCUT2D eigenvalue weighted by Gasteiger charge is 2.42. The molecule has 3 aromatic rings. The van der Waals surface area contributed by atoms with Crippen molar-refractivity contribution in [3.8, 4) is 0 Å². The molecule has 9 nitrogen and oxygen atoms in total. The maximum atomic E-state index is 13.9. The number of Topliss-reactive ketones (excluding diaryl/α,β-unsaturated/α-hetero) is 1. The van der Waals surface area contributed by atoms with Crippen molar-refractivity contribution < 1.29 is 24.3 Å². The summed E-state index contributed by atoms with van der Waals surface area (Å²) in [5.74, 6) is -1.58. The van der Waals surface area contributed by atoms with Gasteiger partial charge in [-0.05, 0) is 74.3 Å². The molecule has 0 bridgehead atoms. The summed E-state index contributed by atoms with van der Waals surface area (Å²) < 4.78 is 0. The minimum absolute atomic E-state index is 0.0407. The molecule has 1 aliphatic carbocycles. The largest absolute Gasteiger partial charge is 0.390 e. The fraction of sp³-hybridized carbons (Fsp3) is 0.500. The van der Waals surface area contributed by atoms with E-state index in [1.54, 1.807) is 12.1 Å². The van der Waals surface area contributed by atoms with Gasteiger partial charge in [0, 0.05) is 37.0 Å². The second kappa shape index (κ2) is 16.1. The number of hydrogen-bond acceptors (Lipinski definition) is 6. The molecule has 1 aliphatic heterocycles. The van der Waals surface area contributed by atoms with Crippen LogP contribution >= 0.6 is 0 Å². The predicted octanol–water partition coefficient (Wildman–Crippen LogP) is 4.79. The number of ketones is 1. The third-order valence-electron chi connectivity index (χ3n) is 10.1. The molecule has 1 saturated carbocycles. The lowest BCUT2D eigenvalue weighted by atomic mass is 9.72. The lowest BCUT2D eigenvalue weighted by molar-refractivity contribution is -0.133. The summed E-state index contributed by atoms with van der Waals surface area (Å²) in [7, 11) is 0. The van der Waals surface area contributed by atoms with Crippen molar-refractivity contribution in [1.82, 2.24) is 15.5 Å². The molecule has 5 N–H and O–H groups in total. The normalized spacial score (nSPS) is 21.6. The molecule has 5 rings (SSSR count). The number of likely N-dealkylation sites (tertiary alicyclic amines) is 1. The molecule has 262 valence electrons. The summed E-state index contributed by atoms with van der Waals surface area (Å²) in [5, 5.41) is 19.9. The number of piperidine rings is 1. The van der Waals surface area contributed by atoms with E-state index in [9.17, 15) is 24.3 Å². The van der Waals surface area contributed by atoms with Crippen molar-refractivity contribution in [2.24, 2.45) is 23.5 Å². The van der Waals surface area contributed by atoms with Crippen LogP contribution in [0.3, 0.4) is 0 Å². The lowest BCUT2D eigenvalue weighted by Crippen LogP contribution is -2.60. The summed E-state index contributed by atoms with van der Waals surface area (Å²) in [4.78, 5) is 55.2. The third-order valence-corrected chi connectivity index (χ3v) is 10.1. The van der Waals surface area contributed by atoms with E-state index < -0.39 is 35.4 Å². The summed E-state index contributed by atoms with van der Waals surface area (Å²) in [6, 6.07) is 21.5. The maximum Gasteiger partial charge on any atom is 0.237 e. The van der Waals surface area contributed by atoms with Crippen LogP contribution in [0.2, 0.25) is 0 Å². The number of aliphatic hydroxyl groups excluding tert-OH is 1. The zero-order chi connectivity index (χ0) is 35.1. The van der Waals surface area contributed by atoms with Crippen molar-refractivity contribution in [1.29, 1.82) is 0 Å². The van der Waals surface area contributed by atoms with Crippen LogP contribution < -0.4 is 16.4 Å². The topological polar surface area (TPSA) is 142 Å². The van der Waals surface area contributed by atoms with Crippen LogP contribution in [0.15, 0.2) is 72.8 Å². The van der Waals surface area contributed by atoms with E-state index in [1.165, 1.54) is 12.8 Å². The number of nitrogens with two attached hydrogens (primary N) is 1. The van der Waals surface area contributed by atoms with Gasteiger partial charge >= 0.3 is 0 Å². The smallest absolute Gasteiger partial charge is 0.237 e. The molecule has 6 atom stereocenters. The second-order valence-corrected chi connectivity index (χ2v) is 15.2. The molecule has 1 heterocycles. The molecule has 1 saturated heterocycles. The number of carbonyl (C=O) groups excluding carboxylic acids is 4. The van der Waals surface area contributed by atoms with Gasteiger partial charge in [-0.2, -0.15) is 0 Å². The van der Waals surface area contributed by atoms with E-state index in [0.29, 0.717) is 30.4 Å². The average Bonchev–Trinajstić information content (AvgIpc) is 3.06. The first-order chi connectivity index (χ1) is 23.4. The number of aliphatic hydroxyl groups is 1. The molecule has 3 unspecified atom stereocenters. The van der Waals surface area contributed by atoms with Gasteiger partial charge in [-0.15, -0.1) is 0 Å². The highest BCUT2D eigenvalue weighted by molar-refractivity contribution is 6.02. The van der Waals surface area contributed by atoms with Crippen LogP contribution in [-0.2, 0) is 20.8 Å². The highest BCUT2D eigenvalue weighted by Crippen LogP contribution is 2.39. The van der Waals surface area contributed by atoms with E-state index >= 15 is 0 Å². The lowest BCUT2D eigenvalue weighted by Gasteiger charge is -2.47. The monoisotopic (exact) mass is 668 g/mol. The van der Waals surface area contributed by atoms with E-state index in [1.807, 2.05) is 81.4 Å². The average molecular weight is 669 g/mol. The van der Waals surface area contributed by atoms with Crippen LogP contribution in [0.25, 0.3) is 10.8 Å². The van der Waals surface area contributed by atoms with Crippen LogP contribution in [0.4, 0.5) is 0 Å². The zero-order valence-corrected chi connectivity index (χ0v) is 29.1. The highest BCUT2D eigenvalue weighted by atomic mass is 16.3. The Balaban J connectivity index is 1.35. The molecule has 3 aromatic carbocycles. The zero-order valence-electron chi connectivity index (χ0n) is 29.1. The van der Waals surface area contributed by atoms with Crippen molar-refractivity contribution in [2.45, 2.75) is 95.9 Å². The summed E-state index contributed by atoms with van der Waals surface area (Å²) in [6.07, 6.45) is 4.11. The molecule has 3 amide bonds. The number of β-amino-alcohol motifs (C(OH)–C–C–N with tert-alkyl or cyclic N) is 1. The van der Waals surface area contributed by atoms with Gasteiger partial charge in [-0.3, -0.25) is 24.1 Å². The predicted molar refractivity (Wildman–Crippen MR) is 192 cm³/mol. The number of nitrogens with zero attached hydrogens (tertiary/aromatic N) is 1. The summed E-state index contributed by atoms with van der Waals surface area (Å²) >= 11 is 0. The van der Waals surface area contributed by atoms with E-state index in [0.717, 1.165) is 35.6 Å². The number of rotatable bonds is 13. The van der Waals surface area contributed by atoms with Crippen molar-refractivity contribution in [2.75, 3.05) is 13.1 Å². The third kappa shape index (κ3) is 9.98. The number of benzene rings is 3. The summed E-state index contributed by atoms with van der Waals surface area (Å²) in [6.45, 7) is 6.80. The van der Waals surface area contributed by atoms with E-state index in [4.69, 9.17) is 5.73 Å². The molecular formula is C40H52N4O5. The Morgan fingerprint density at radius 2 is 1.57 bits per heavy atom. The Morgan fingerprint density at radius 1 is 0.898 bits per heavy atom. The van der Waals surface area contributed by atoms with Crippen LogP contribution in [0.5, 0.6) is 0 Å². The quantitative estimate of drug-likeness (QED) is 0.193. The number of primary amides is 1. The van der Waals surface area contributed by atoms with Crippen molar-refractivity contribution >= 4 is 34.3 Å². The Labute approximate surface area is 290 Å². The SMILES string of the molecule is CC(C)(C)NC(=O)[C@@H]1CC2CCCCC2CN1C[C@@H](O)[C@H](Cc1ccccc1)NC(=O)C(CC(N)=O)CC(=O)c1ccc2ccccc2c1. The Hall–Kier alpha value is -4.08. The van der Waals surface area contributed by atoms with Gasteiger partial charge in [0.1, 0.15) is 0 Å². The minimum Gasteiger partial charge on any atom is -0.390 e. The van der Waals surface area contributed by atoms with E-state index in [2.05, 4.69) is 15.5 Å². The van der Waals surface area contributed by atoms with Gasteiger partial charge in [0.05, 0.1) is 24.1 Å². The number of nitrogens with one attached hydrogen (secondary N) is 2. The molecular weight excluding hydrogens is 616 g/mol. The summed E-state index contributed by atoms with van der Waals surface area (Å²) in [5.41, 5.74) is 6.55. The van der Waals surface area contributed by atoms with Gasteiger partial charge in [-0.1, -0.05) is 86.0 Å². The fourth-order valence-electron chi connectivity index (χ4n) is 7.65. The Bertz CT molecular complexity index is 1620. The van der Waals surface area contributed by atoms with Gasteiger partial charge in [0.15, 0.2) is 5.78 Å². The molecule has 2 fully saturated rings. The Kier molecular flexibility index (Phi) is 11.9. The van der Waals surface area contributed by atoms with Crippen LogP contribution in [-0.4, -0.2) is 70.3 Å². The second-order valence-electron chi connectivity index (χ2n) is 15.2. The maximum absolute atomic E-state index is 13.9. The first-order valence-electron chi connectivity index (χ1n) is 17.7. The van der Waals surface area contributed by atoms with Crippen LogP contribution in [0, 0.1) is 17.8 Å². The van der Waals surface area contributed by atoms with E-state index in [-0.39, 0.29) is 37.1 Å². The van der Waals surface area contributed by atoms with Crippen molar-refractivity contribution in [3.05, 3.63) is 83.9 Å². The molecule has 9 heteroatoms. The van der Waals surface area contributed by atoms with Gasteiger partial charge in [0.2, 0.25) is 17.7 Å². The Morgan fingerprint density at radius 3 is 2.27 bits per heavy atom. The number of carbonyl (C=O) groups is 4. The minimum atomic E-state index is -1.03. The first kappa shape index (κ1) is 36.2. The van der Waals surface area contributed by atoms with Gasteiger partial charge < -0.3 is 21.5 Å². The molecule has 49 heavy (non-hydrogen) atoms. The number of fused-ring (bicyclic) bond motifs is 2. The van der Waals surface area contributed by atoms with Crippen LogP contribution in [0.1, 0.15) is 81.6 Å². The number of amides is 3. The van der Waals surface area contributed by atoms with Gasteiger partial charge in [0.25, 0.3) is 0 Å². The standard InChI is InChI=1S/C40H52N4O5/c1-40(2,3)43-39(49)34-21-29-15-9-10-16-31(29)24-44(34)25-36(46)33(19-26-11-5-4-6-12-26)42-38(48)32(23-37(41)47)22-35(45)30-18-17-27-13-7-8-14-28(27)20-30/h4-8,11-14,17-18,20,29,31-34,36,46H,9-10,15-16,19,21-25H2,1-3H3,(H2,41,47)(H,42,48)(H,43,49)/t29?,31?,32?,33-,34-,36+/m0/s1. The molecule has 0 aromatic heterocycles. The molecule has 2 aliphatic rings. The first-order valence-corrected chi connectivity index (χ1v) is 17.7.